The van der Waals surface area contributed by atoms with Crippen molar-refractivity contribution < 1.29 is 0 Å². The predicted molar refractivity (Wildman–Crippen MR) is 49.7 cm³/mol. The molecule has 0 saturated carbocycles. The van der Waals surface area contributed by atoms with E-state index in [4.69, 9.17) is 0 Å². The smallest absolute Gasteiger partial charge is 0.000750 e. The summed E-state index contributed by atoms with van der Waals surface area (Å²) in [4.78, 5) is 2.56. The third kappa shape index (κ3) is 3.06. The molecule has 0 aromatic heterocycles. The van der Waals surface area contributed by atoms with Crippen molar-refractivity contribution in [2.45, 2.75) is 26.2 Å². The van der Waals surface area contributed by atoms with E-state index in [-0.39, 0.29) is 0 Å². The number of nitrogens with zero attached hydrogens (tertiary/aromatic N) is 1. The van der Waals surface area contributed by atoms with E-state index in [0.29, 0.717) is 0 Å². The fourth-order valence-electron chi connectivity index (χ4n) is 1.69. The van der Waals surface area contributed by atoms with Gasteiger partial charge in [-0.2, -0.15) is 0 Å². The van der Waals surface area contributed by atoms with Gasteiger partial charge < -0.3 is 4.90 Å². The molecule has 1 aliphatic heterocycles. The lowest BCUT2D eigenvalue weighted by Crippen LogP contribution is -2.21. The van der Waals surface area contributed by atoms with Gasteiger partial charge in [-0.25, -0.2) is 0 Å². The van der Waals surface area contributed by atoms with Crippen molar-refractivity contribution in [1.82, 2.24) is 4.90 Å². The lowest BCUT2D eigenvalue weighted by Gasteiger charge is -2.13. The van der Waals surface area contributed by atoms with Crippen LogP contribution in [0.15, 0.2) is 12.7 Å². The Kier molecular flexibility index (Phi) is 3.64. The molecule has 1 atom stereocenters. The number of likely N-dealkylation sites (tertiary alicyclic amines) is 1. The van der Waals surface area contributed by atoms with Gasteiger partial charge in [0.1, 0.15) is 0 Å². The minimum atomic E-state index is 0.929. The van der Waals surface area contributed by atoms with Crippen molar-refractivity contribution in [3.63, 3.8) is 0 Å². The van der Waals surface area contributed by atoms with Crippen molar-refractivity contribution in [2.24, 2.45) is 5.92 Å². The summed E-state index contributed by atoms with van der Waals surface area (Å²) in [5.41, 5.74) is 0. The zero-order chi connectivity index (χ0) is 8.10. The normalized spacial score (nSPS) is 25.7. The zero-order valence-corrected chi connectivity index (χ0v) is 7.55. The molecule has 0 bridgehead atoms. The van der Waals surface area contributed by atoms with Crippen molar-refractivity contribution in [2.75, 3.05) is 19.6 Å². The van der Waals surface area contributed by atoms with E-state index in [9.17, 15) is 0 Å². The van der Waals surface area contributed by atoms with Gasteiger partial charge in [0.15, 0.2) is 0 Å². The standard InChI is InChI=1S/C10H19N/c1-3-4-5-7-11-8-6-10(2)9-11/h3,10H,1,4-9H2,2H3. The summed E-state index contributed by atoms with van der Waals surface area (Å²) in [7, 11) is 0. The molecule has 1 saturated heterocycles. The molecule has 1 heteroatoms. The van der Waals surface area contributed by atoms with Gasteiger partial charge in [0.05, 0.1) is 0 Å². The number of hydrogen-bond donors (Lipinski definition) is 0. The maximum absolute atomic E-state index is 3.72. The van der Waals surface area contributed by atoms with Gasteiger partial charge in [-0.1, -0.05) is 13.0 Å². The van der Waals surface area contributed by atoms with Gasteiger partial charge in [0.2, 0.25) is 0 Å². The number of allylic oxidation sites excluding steroid dienone is 1. The van der Waals surface area contributed by atoms with Gasteiger partial charge in [-0.05, 0) is 38.3 Å². The molecule has 1 heterocycles. The van der Waals surface area contributed by atoms with Crippen LogP contribution in [0, 0.1) is 5.92 Å². The fraction of sp³-hybridized carbons (Fsp3) is 0.800. The SMILES string of the molecule is C=CCCCN1CCC(C)C1. The lowest BCUT2D eigenvalue weighted by molar-refractivity contribution is 0.324. The highest BCUT2D eigenvalue weighted by Crippen LogP contribution is 2.14. The van der Waals surface area contributed by atoms with Crippen LogP contribution in [0.2, 0.25) is 0 Å². The second-order valence-electron chi connectivity index (χ2n) is 3.63. The quantitative estimate of drug-likeness (QED) is 0.442. The monoisotopic (exact) mass is 153 g/mol. The van der Waals surface area contributed by atoms with Crippen molar-refractivity contribution in [3.8, 4) is 0 Å². The number of hydrogen-bond acceptors (Lipinski definition) is 1. The topological polar surface area (TPSA) is 3.24 Å². The van der Waals surface area contributed by atoms with Crippen LogP contribution in [0.5, 0.6) is 0 Å². The predicted octanol–water partition coefficient (Wildman–Crippen LogP) is 2.29. The molecule has 1 rings (SSSR count). The van der Waals surface area contributed by atoms with Gasteiger partial charge >= 0.3 is 0 Å². The largest absolute Gasteiger partial charge is 0.303 e. The molecule has 0 amide bonds. The first-order chi connectivity index (χ1) is 5.33. The first-order valence-corrected chi connectivity index (χ1v) is 4.66. The Balaban J connectivity index is 2.03. The Hall–Kier alpha value is -0.300. The van der Waals surface area contributed by atoms with E-state index >= 15 is 0 Å². The molecular weight excluding hydrogens is 134 g/mol. The van der Waals surface area contributed by atoms with Crippen LogP contribution in [0.3, 0.4) is 0 Å². The number of rotatable bonds is 4. The zero-order valence-electron chi connectivity index (χ0n) is 7.55. The molecule has 0 N–H and O–H groups in total. The maximum atomic E-state index is 3.72. The Morgan fingerprint density at radius 1 is 1.64 bits per heavy atom. The molecule has 0 radical (unpaired) electrons. The Bertz CT molecular complexity index is 120. The van der Waals surface area contributed by atoms with E-state index in [1.54, 1.807) is 0 Å². The molecule has 0 aromatic carbocycles. The fourth-order valence-corrected chi connectivity index (χ4v) is 1.69. The van der Waals surface area contributed by atoms with E-state index in [1.807, 2.05) is 6.08 Å². The van der Waals surface area contributed by atoms with E-state index in [2.05, 4.69) is 18.4 Å². The number of unbranched alkanes of at least 4 members (excludes halogenated alkanes) is 1. The Morgan fingerprint density at radius 2 is 2.45 bits per heavy atom. The summed E-state index contributed by atoms with van der Waals surface area (Å²) in [6, 6.07) is 0. The molecular formula is C10H19N. The third-order valence-corrected chi connectivity index (χ3v) is 2.39. The summed E-state index contributed by atoms with van der Waals surface area (Å²) >= 11 is 0. The summed E-state index contributed by atoms with van der Waals surface area (Å²) < 4.78 is 0. The highest BCUT2D eigenvalue weighted by molar-refractivity contribution is 4.73. The average Bonchev–Trinajstić information content (AvgIpc) is 2.37. The van der Waals surface area contributed by atoms with Gasteiger partial charge in [-0.15, -0.1) is 6.58 Å². The molecule has 1 fully saturated rings. The Labute approximate surface area is 70.1 Å². The molecule has 0 aromatic rings. The second-order valence-corrected chi connectivity index (χ2v) is 3.63. The van der Waals surface area contributed by atoms with Crippen LogP contribution in [0.25, 0.3) is 0 Å². The second kappa shape index (κ2) is 4.55. The van der Waals surface area contributed by atoms with Crippen LogP contribution in [-0.2, 0) is 0 Å². The highest BCUT2D eigenvalue weighted by atomic mass is 15.1. The van der Waals surface area contributed by atoms with Crippen LogP contribution in [-0.4, -0.2) is 24.5 Å². The van der Waals surface area contributed by atoms with Crippen molar-refractivity contribution in [1.29, 1.82) is 0 Å². The summed E-state index contributed by atoms with van der Waals surface area (Å²) in [6.45, 7) is 9.97. The van der Waals surface area contributed by atoms with Crippen LogP contribution >= 0.6 is 0 Å². The van der Waals surface area contributed by atoms with Crippen molar-refractivity contribution >= 4 is 0 Å². The van der Waals surface area contributed by atoms with E-state index < -0.39 is 0 Å². The minimum absolute atomic E-state index is 0.929. The molecule has 0 spiro atoms. The van der Waals surface area contributed by atoms with E-state index in [0.717, 1.165) is 5.92 Å². The van der Waals surface area contributed by atoms with Gasteiger partial charge in [-0.3, -0.25) is 0 Å². The molecule has 1 nitrogen and oxygen atoms in total. The van der Waals surface area contributed by atoms with E-state index in [1.165, 1.54) is 38.9 Å². The maximum Gasteiger partial charge on any atom is 0.000750 e. The summed E-state index contributed by atoms with van der Waals surface area (Å²) in [5, 5.41) is 0. The van der Waals surface area contributed by atoms with Crippen LogP contribution < -0.4 is 0 Å². The van der Waals surface area contributed by atoms with Crippen LogP contribution in [0.1, 0.15) is 26.2 Å². The Morgan fingerprint density at radius 3 is 3.00 bits per heavy atom. The third-order valence-electron chi connectivity index (χ3n) is 2.39. The first-order valence-electron chi connectivity index (χ1n) is 4.66. The average molecular weight is 153 g/mol. The minimum Gasteiger partial charge on any atom is -0.303 e. The summed E-state index contributed by atoms with van der Waals surface area (Å²) in [6.07, 6.45) is 5.87. The molecule has 1 aliphatic rings. The molecule has 1 unspecified atom stereocenters. The molecule has 64 valence electrons. The highest BCUT2D eigenvalue weighted by Gasteiger charge is 2.16. The first kappa shape index (κ1) is 8.79. The molecule has 0 aliphatic carbocycles. The van der Waals surface area contributed by atoms with Crippen molar-refractivity contribution in [3.05, 3.63) is 12.7 Å². The molecule has 11 heavy (non-hydrogen) atoms. The van der Waals surface area contributed by atoms with Crippen LogP contribution in [0.4, 0.5) is 0 Å². The summed E-state index contributed by atoms with van der Waals surface area (Å²) in [5.74, 6) is 0.929. The van der Waals surface area contributed by atoms with Gasteiger partial charge in [0.25, 0.3) is 0 Å². The van der Waals surface area contributed by atoms with Gasteiger partial charge in [0, 0.05) is 6.54 Å². The lowest BCUT2D eigenvalue weighted by atomic mass is 10.2.